The number of aliphatic carboxylic acids is 1. The molecule has 5 heteroatoms. The normalized spacial score (nSPS) is 11.2. The molecule has 1 aromatic carbocycles. The van der Waals surface area contributed by atoms with Crippen molar-refractivity contribution in [3.8, 4) is 0 Å². The van der Waals surface area contributed by atoms with Crippen molar-refractivity contribution in [2.45, 2.75) is 20.8 Å². The average Bonchev–Trinajstić information content (AvgIpc) is 2.49. The summed E-state index contributed by atoms with van der Waals surface area (Å²) < 4.78 is 0. The predicted molar refractivity (Wildman–Crippen MR) is 88.6 cm³/mol. The summed E-state index contributed by atoms with van der Waals surface area (Å²) in [6.45, 7) is 5.64. The standard InChI is InChI=1S/C18H18N2O3/c1-11-7-8-14(9-12(11)2)17(21)15(18(22)23)10-19-16-6-4-5-13(3)20-16/h4-10H,1-3H3,(H,19,20)(H,22,23)/b15-10-. The molecule has 0 aliphatic rings. The van der Waals surface area contributed by atoms with Gasteiger partial charge in [-0.1, -0.05) is 18.2 Å². The van der Waals surface area contributed by atoms with Crippen molar-refractivity contribution >= 4 is 17.6 Å². The van der Waals surface area contributed by atoms with Crippen LogP contribution in [0.5, 0.6) is 0 Å². The third-order valence-electron chi connectivity index (χ3n) is 3.50. The third kappa shape index (κ3) is 4.03. The van der Waals surface area contributed by atoms with Crippen molar-refractivity contribution < 1.29 is 14.7 Å². The number of pyridine rings is 1. The number of nitrogens with one attached hydrogen (secondary N) is 1. The fourth-order valence-corrected chi connectivity index (χ4v) is 2.03. The van der Waals surface area contributed by atoms with E-state index in [0.29, 0.717) is 11.4 Å². The van der Waals surface area contributed by atoms with Gasteiger partial charge in [-0.25, -0.2) is 9.78 Å². The Kier molecular flexibility index (Phi) is 4.91. The van der Waals surface area contributed by atoms with Crippen LogP contribution in [0.25, 0.3) is 0 Å². The Morgan fingerprint density at radius 1 is 1.09 bits per heavy atom. The van der Waals surface area contributed by atoms with Crippen LogP contribution in [0.1, 0.15) is 27.2 Å². The van der Waals surface area contributed by atoms with Crippen molar-refractivity contribution in [3.63, 3.8) is 0 Å². The fraction of sp³-hybridized carbons (Fsp3) is 0.167. The summed E-state index contributed by atoms with van der Waals surface area (Å²) in [4.78, 5) is 28.0. The van der Waals surface area contributed by atoms with Gasteiger partial charge in [0.1, 0.15) is 11.4 Å². The number of carboxylic acids is 1. The van der Waals surface area contributed by atoms with Crippen LogP contribution in [0.4, 0.5) is 5.82 Å². The Hall–Kier alpha value is -2.95. The molecule has 118 valence electrons. The molecule has 2 N–H and O–H groups in total. The molecule has 0 radical (unpaired) electrons. The zero-order valence-electron chi connectivity index (χ0n) is 13.3. The van der Waals surface area contributed by atoms with Gasteiger partial charge in [-0.3, -0.25) is 4.79 Å². The molecule has 0 amide bonds. The van der Waals surface area contributed by atoms with E-state index in [2.05, 4.69) is 10.3 Å². The van der Waals surface area contributed by atoms with Gasteiger partial charge in [-0.05, 0) is 50.1 Å². The molecule has 0 unspecified atom stereocenters. The molecule has 0 aliphatic heterocycles. The fourth-order valence-electron chi connectivity index (χ4n) is 2.03. The maximum atomic E-state index is 12.4. The van der Waals surface area contributed by atoms with E-state index < -0.39 is 11.8 Å². The molecule has 2 rings (SSSR count). The molecule has 1 aromatic heterocycles. The average molecular weight is 310 g/mol. The molecule has 0 atom stereocenters. The van der Waals surface area contributed by atoms with E-state index in [1.807, 2.05) is 26.8 Å². The van der Waals surface area contributed by atoms with Crippen LogP contribution >= 0.6 is 0 Å². The summed E-state index contributed by atoms with van der Waals surface area (Å²) in [5, 5.41) is 12.1. The number of carbonyl (C=O) groups is 2. The van der Waals surface area contributed by atoms with E-state index in [0.717, 1.165) is 16.8 Å². The highest BCUT2D eigenvalue weighted by atomic mass is 16.4. The molecular formula is C18H18N2O3. The Bertz CT molecular complexity index is 795. The van der Waals surface area contributed by atoms with Gasteiger partial charge in [0.05, 0.1) is 0 Å². The Balaban J connectivity index is 2.30. The smallest absolute Gasteiger partial charge is 0.341 e. The summed E-state index contributed by atoms with van der Waals surface area (Å²) in [7, 11) is 0. The zero-order valence-corrected chi connectivity index (χ0v) is 13.3. The quantitative estimate of drug-likeness (QED) is 0.383. The number of benzene rings is 1. The van der Waals surface area contributed by atoms with E-state index in [9.17, 15) is 14.7 Å². The van der Waals surface area contributed by atoms with E-state index in [1.165, 1.54) is 6.20 Å². The number of hydrogen-bond acceptors (Lipinski definition) is 4. The number of carbonyl (C=O) groups excluding carboxylic acids is 1. The first-order valence-electron chi connectivity index (χ1n) is 7.14. The molecule has 0 fully saturated rings. The highest BCUT2D eigenvalue weighted by Gasteiger charge is 2.19. The van der Waals surface area contributed by atoms with Crippen LogP contribution in [-0.4, -0.2) is 21.8 Å². The monoisotopic (exact) mass is 310 g/mol. The minimum atomic E-state index is -1.28. The van der Waals surface area contributed by atoms with E-state index >= 15 is 0 Å². The van der Waals surface area contributed by atoms with E-state index in [4.69, 9.17) is 0 Å². The highest BCUT2D eigenvalue weighted by molar-refractivity contribution is 6.23. The third-order valence-corrected chi connectivity index (χ3v) is 3.50. The lowest BCUT2D eigenvalue weighted by molar-refractivity contribution is -0.132. The first kappa shape index (κ1) is 16.4. The molecule has 0 aliphatic carbocycles. The molecular weight excluding hydrogens is 292 g/mol. The topological polar surface area (TPSA) is 79.3 Å². The number of hydrogen-bond donors (Lipinski definition) is 2. The SMILES string of the molecule is Cc1cccc(N/C=C(\C(=O)O)C(=O)c2ccc(C)c(C)c2)n1. The lowest BCUT2D eigenvalue weighted by Crippen LogP contribution is -2.14. The van der Waals surface area contributed by atoms with Gasteiger partial charge in [0.15, 0.2) is 0 Å². The lowest BCUT2D eigenvalue weighted by atomic mass is 10.00. The second-order valence-electron chi connectivity index (χ2n) is 5.30. The Morgan fingerprint density at radius 3 is 2.43 bits per heavy atom. The summed E-state index contributed by atoms with van der Waals surface area (Å²) in [6, 6.07) is 10.4. The van der Waals surface area contributed by atoms with Crippen LogP contribution < -0.4 is 5.32 Å². The minimum Gasteiger partial charge on any atom is -0.477 e. The van der Waals surface area contributed by atoms with Crippen LogP contribution in [0, 0.1) is 20.8 Å². The number of anilines is 1. The number of nitrogens with zero attached hydrogens (tertiary/aromatic N) is 1. The van der Waals surface area contributed by atoms with Crippen molar-refractivity contribution in [1.29, 1.82) is 0 Å². The minimum absolute atomic E-state index is 0.337. The van der Waals surface area contributed by atoms with E-state index in [-0.39, 0.29) is 5.57 Å². The molecule has 2 aromatic rings. The molecule has 5 nitrogen and oxygen atoms in total. The van der Waals surface area contributed by atoms with Crippen molar-refractivity contribution in [1.82, 2.24) is 4.98 Å². The lowest BCUT2D eigenvalue weighted by Gasteiger charge is -2.07. The molecule has 0 saturated carbocycles. The van der Waals surface area contributed by atoms with Gasteiger partial charge in [0.25, 0.3) is 0 Å². The van der Waals surface area contributed by atoms with Gasteiger partial charge in [0, 0.05) is 17.5 Å². The first-order valence-corrected chi connectivity index (χ1v) is 7.14. The molecule has 1 heterocycles. The van der Waals surface area contributed by atoms with Crippen LogP contribution in [0.15, 0.2) is 48.2 Å². The first-order chi connectivity index (χ1) is 10.9. The van der Waals surface area contributed by atoms with Crippen molar-refractivity contribution in [2.75, 3.05) is 5.32 Å². The van der Waals surface area contributed by atoms with Crippen LogP contribution in [0.2, 0.25) is 0 Å². The number of Topliss-reactive ketones (excluding diaryl/α,β-unsaturated/α-hetero) is 1. The summed E-state index contributed by atoms with van der Waals surface area (Å²) in [5.74, 6) is -1.34. The van der Waals surface area contributed by atoms with E-state index in [1.54, 1.807) is 30.3 Å². The van der Waals surface area contributed by atoms with Crippen molar-refractivity contribution in [3.05, 3.63) is 70.6 Å². The largest absolute Gasteiger partial charge is 0.477 e. The summed E-state index contributed by atoms with van der Waals surface area (Å²) in [6.07, 6.45) is 1.18. The molecule has 0 saturated heterocycles. The highest BCUT2D eigenvalue weighted by Crippen LogP contribution is 2.15. The van der Waals surface area contributed by atoms with Gasteiger partial charge in [0.2, 0.25) is 5.78 Å². The van der Waals surface area contributed by atoms with Crippen molar-refractivity contribution in [2.24, 2.45) is 0 Å². The molecule has 0 bridgehead atoms. The number of aromatic nitrogens is 1. The number of aryl methyl sites for hydroxylation is 3. The summed E-state index contributed by atoms with van der Waals surface area (Å²) >= 11 is 0. The van der Waals surface area contributed by atoms with Crippen LogP contribution in [0.3, 0.4) is 0 Å². The Labute approximate surface area is 134 Å². The molecule has 0 spiro atoms. The van der Waals surface area contributed by atoms with Gasteiger partial charge >= 0.3 is 5.97 Å². The second kappa shape index (κ2) is 6.87. The van der Waals surface area contributed by atoms with Crippen LogP contribution in [-0.2, 0) is 4.79 Å². The van der Waals surface area contributed by atoms with Gasteiger partial charge in [-0.2, -0.15) is 0 Å². The predicted octanol–water partition coefficient (Wildman–Crippen LogP) is 3.27. The summed E-state index contributed by atoms with van der Waals surface area (Å²) in [5.41, 5.74) is 2.79. The number of rotatable bonds is 5. The second-order valence-corrected chi connectivity index (χ2v) is 5.30. The molecule has 23 heavy (non-hydrogen) atoms. The number of ketones is 1. The maximum absolute atomic E-state index is 12.4. The van der Waals surface area contributed by atoms with Gasteiger partial charge in [-0.15, -0.1) is 0 Å². The zero-order chi connectivity index (χ0) is 17.0. The Morgan fingerprint density at radius 2 is 1.83 bits per heavy atom. The maximum Gasteiger partial charge on any atom is 0.341 e. The van der Waals surface area contributed by atoms with Gasteiger partial charge < -0.3 is 10.4 Å². The number of carboxylic acid groups (broad SMARTS) is 1.